The van der Waals surface area contributed by atoms with Crippen LogP contribution in [0, 0.1) is 0 Å². The number of imide groups is 1. The minimum Gasteiger partial charge on any atom is -0.497 e. The molecule has 0 fully saturated rings. The van der Waals surface area contributed by atoms with Crippen molar-refractivity contribution in [3.05, 3.63) is 59.2 Å². The molecule has 1 aliphatic heterocycles. The van der Waals surface area contributed by atoms with Crippen LogP contribution in [0.3, 0.4) is 0 Å². The summed E-state index contributed by atoms with van der Waals surface area (Å²) >= 11 is 0. The molecule has 0 radical (unpaired) electrons. The van der Waals surface area contributed by atoms with Gasteiger partial charge in [0.2, 0.25) is 0 Å². The van der Waals surface area contributed by atoms with Crippen LogP contribution in [0.1, 0.15) is 26.3 Å². The first-order valence-electron chi connectivity index (χ1n) is 6.89. The van der Waals surface area contributed by atoms with E-state index >= 15 is 0 Å². The van der Waals surface area contributed by atoms with E-state index in [0.717, 1.165) is 5.01 Å². The number of benzene rings is 2. The molecule has 2 aromatic rings. The molecule has 0 bridgehead atoms. The highest BCUT2D eigenvalue weighted by atomic mass is 16.5. The number of hydrogen-bond donors (Lipinski definition) is 0. The topological polar surface area (TPSA) is 68.2 Å². The summed E-state index contributed by atoms with van der Waals surface area (Å²) in [5.41, 5.74) is 1.34. The Balaban J connectivity index is 1.90. The maximum Gasteiger partial charge on any atom is 0.282 e. The highest BCUT2D eigenvalue weighted by Crippen LogP contribution is 2.25. The highest BCUT2D eigenvalue weighted by Gasteiger charge is 2.35. The molecule has 0 aromatic heterocycles. The van der Waals surface area contributed by atoms with Gasteiger partial charge in [0.05, 0.1) is 31.6 Å². The molecule has 0 spiro atoms. The molecule has 0 atom stereocenters. The van der Waals surface area contributed by atoms with Crippen molar-refractivity contribution in [1.82, 2.24) is 5.01 Å². The Bertz CT molecular complexity index is 779. The average molecular weight is 310 g/mol. The summed E-state index contributed by atoms with van der Waals surface area (Å²) in [5, 5.41) is 4.88. The number of nitrogens with zero attached hydrogens (tertiary/aromatic N) is 2. The number of hydrogen-bond acceptors (Lipinski definition) is 5. The molecular formula is C17H14N2O4. The lowest BCUT2D eigenvalue weighted by Gasteiger charge is -2.09. The predicted octanol–water partition coefficient (Wildman–Crippen LogP) is 2.33. The van der Waals surface area contributed by atoms with Gasteiger partial charge in [0.25, 0.3) is 11.8 Å². The molecule has 1 heterocycles. The molecule has 0 saturated heterocycles. The number of ether oxygens (including phenoxy) is 2. The normalized spacial score (nSPS) is 13.6. The predicted molar refractivity (Wildman–Crippen MR) is 84.1 cm³/mol. The smallest absolute Gasteiger partial charge is 0.282 e. The maximum absolute atomic E-state index is 12.2. The van der Waals surface area contributed by atoms with Crippen LogP contribution in [0.5, 0.6) is 11.5 Å². The number of methoxy groups -OCH3 is 2. The number of fused-ring (bicyclic) bond motifs is 1. The van der Waals surface area contributed by atoms with Crippen LogP contribution in [0.15, 0.2) is 47.6 Å². The molecule has 2 amide bonds. The molecule has 0 unspecified atom stereocenters. The number of carbonyl (C=O) groups excluding carboxylic acids is 2. The van der Waals surface area contributed by atoms with E-state index in [1.165, 1.54) is 13.3 Å². The quantitative estimate of drug-likeness (QED) is 0.642. The summed E-state index contributed by atoms with van der Waals surface area (Å²) in [6.07, 6.45) is 1.42. The Morgan fingerprint density at radius 2 is 1.61 bits per heavy atom. The summed E-state index contributed by atoms with van der Waals surface area (Å²) in [5.74, 6) is 0.299. The SMILES string of the molecule is COc1ccc(/C=N\N2C(=O)c3ccccc3C2=O)c(OC)c1. The molecule has 2 aromatic carbocycles. The zero-order valence-corrected chi connectivity index (χ0v) is 12.6. The molecule has 0 N–H and O–H groups in total. The zero-order valence-electron chi connectivity index (χ0n) is 12.6. The van der Waals surface area contributed by atoms with Crippen molar-refractivity contribution in [3.63, 3.8) is 0 Å². The van der Waals surface area contributed by atoms with Gasteiger partial charge >= 0.3 is 0 Å². The molecule has 3 rings (SSSR count). The van der Waals surface area contributed by atoms with Crippen LogP contribution < -0.4 is 9.47 Å². The Kier molecular flexibility index (Phi) is 3.80. The minimum atomic E-state index is -0.436. The maximum atomic E-state index is 12.2. The molecular weight excluding hydrogens is 296 g/mol. The number of hydrazone groups is 1. The van der Waals surface area contributed by atoms with E-state index in [9.17, 15) is 9.59 Å². The zero-order chi connectivity index (χ0) is 16.4. The van der Waals surface area contributed by atoms with Crippen molar-refractivity contribution >= 4 is 18.0 Å². The summed E-state index contributed by atoms with van der Waals surface area (Å²) in [6.45, 7) is 0. The van der Waals surface area contributed by atoms with Crippen LogP contribution >= 0.6 is 0 Å². The lowest BCUT2D eigenvalue weighted by atomic mass is 10.1. The van der Waals surface area contributed by atoms with Gasteiger partial charge in [-0.3, -0.25) is 9.59 Å². The van der Waals surface area contributed by atoms with Crippen LogP contribution in [0.4, 0.5) is 0 Å². The third-order valence-electron chi connectivity index (χ3n) is 3.53. The van der Waals surface area contributed by atoms with Crippen LogP contribution in [0.2, 0.25) is 0 Å². The largest absolute Gasteiger partial charge is 0.497 e. The summed E-state index contributed by atoms with van der Waals surface area (Å²) in [7, 11) is 3.08. The molecule has 0 saturated carbocycles. The average Bonchev–Trinajstić information content (AvgIpc) is 2.84. The van der Waals surface area contributed by atoms with E-state index < -0.39 is 11.8 Å². The van der Waals surface area contributed by atoms with Crippen molar-refractivity contribution < 1.29 is 19.1 Å². The molecule has 116 valence electrons. The van der Waals surface area contributed by atoms with Gasteiger partial charge in [-0.2, -0.15) is 10.1 Å². The van der Waals surface area contributed by atoms with E-state index in [1.54, 1.807) is 49.6 Å². The third-order valence-corrected chi connectivity index (χ3v) is 3.53. The van der Waals surface area contributed by atoms with Crippen LogP contribution in [-0.4, -0.2) is 37.3 Å². The van der Waals surface area contributed by atoms with Gasteiger partial charge in [-0.15, -0.1) is 0 Å². The Morgan fingerprint density at radius 3 is 2.17 bits per heavy atom. The fourth-order valence-electron chi connectivity index (χ4n) is 2.33. The third kappa shape index (κ3) is 2.55. The summed E-state index contributed by atoms with van der Waals surface area (Å²) in [4.78, 5) is 24.4. The van der Waals surface area contributed by atoms with E-state index in [0.29, 0.717) is 28.2 Å². The molecule has 0 aliphatic carbocycles. The molecule has 1 aliphatic rings. The Labute approximate surface area is 132 Å². The van der Waals surface area contributed by atoms with Crippen LogP contribution in [0.25, 0.3) is 0 Å². The second kappa shape index (κ2) is 5.92. The first-order valence-corrected chi connectivity index (χ1v) is 6.89. The first-order chi connectivity index (χ1) is 11.2. The Hall–Kier alpha value is -3.15. The minimum absolute atomic E-state index is 0.358. The molecule has 6 nitrogen and oxygen atoms in total. The number of amides is 2. The van der Waals surface area contributed by atoms with Gasteiger partial charge in [-0.1, -0.05) is 12.1 Å². The van der Waals surface area contributed by atoms with E-state index in [1.807, 2.05) is 0 Å². The fourth-order valence-corrected chi connectivity index (χ4v) is 2.33. The number of carbonyl (C=O) groups is 2. The lowest BCUT2D eigenvalue weighted by molar-refractivity contribution is 0.0660. The van der Waals surface area contributed by atoms with Gasteiger partial charge < -0.3 is 9.47 Å². The fraction of sp³-hybridized carbons (Fsp3) is 0.118. The van der Waals surface area contributed by atoms with Crippen LogP contribution in [-0.2, 0) is 0 Å². The van der Waals surface area contributed by atoms with E-state index in [-0.39, 0.29) is 0 Å². The first kappa shape index (κ1) is 14.8. The molecule has 6 heteroatoms. The van der Waals surface area contributed by atoms with E-state index in [4.69, 9.17) is 9.47 Å². The van der Waals surface area contributed by atoms with Gasteiger partial charge in [0, 0.05) is 11.6 Å². The second-order valence-corrected chi connectivity index (χ2v) is 4.82. The van der Waals surface area contributed by atoms with Crippen molar-refractivity contribution in [2.75, 3.05) is 14.2 Å². The van der Waals surface area contributed by atoms with Crippen molar-refractivity contribution in [2.24, 2.45) is 5.10 Å². The summed E-state index contributed by atoms with van der Waals surface area (Å²) < 4.78 is 10.4. The van der Waals surface area contributed by atoms with Gasteiger partial charge in [0.1, 0.15) is 11.5 Å². The molecule has 23 heavy (non-hydrogen) atoms. The number of rotatable bonds is 4. The summed E-state index contributed by atoms with van der Waals surface area (Å²) in [6, 6.07) is 11.8. The highest BCUT2D eigenvalue weighted by molar-refractivity contribution is 6.21. The van der Waals surface area contributed by atoms with Crippen molar-refractivity contribution in [1.29, 1.82) is 0 Å². The lowest BCUT2D eigenvalue weighted by Crippen LogP contribution is -2.24. The monoisotopic (exact) mass is 310 g/mol. The van der Waals surface area contributed by atoms with E-state index in [2.05, 4.69) is 5.10 Å². The van der Waals surface area contributed by atoms with Crippen molar-refractivity contribution in [2.45, 2.75) is 0 Å². The Morgan fingerprint density at radius 1 is 0.957 bits per heavy atom. The van der Waals surface area contributed by atoms with Crippen molar-refractivity contribution in [3.8, 4) is 11.5 Å². The second-order valence-electron chi connectivity index (χ2n) is 4.82. The standard InChI is InChI=1S/C17H14N2O4/c1-22-12-8-7-11(15(9-12)23-2)10-18-19-16(20)13-5-3-4-6-14(13)17(19)21/h3-10H,1-2H3/b18-10-. The van der Waals surface area contributed by atoms with Gasteiger partial charge in [-0.05, 0) is 24.3 Å². The van der Waals surface area contributed by atoms with Gasteiger partial charge in [-0.25, -0.2) is 0 Å². The van der Waals surface area contributed by atoms with Gasteiger partial charge in [0.15, 0.2) is 0 Å².